The molecule has 196 valence electrons. The molecule has 1 saturated carbocycles. The molecule has 1 unspecified atom stereocenters. The molecule has 0 radical (unpaired) electrons. The molecule has 2 aromatic carbocycles. The lowest BCUT2D eigenvalue weighted by Crippen LogP contribution is -2.31. The van der Waals surface area contributed by atoms with Crippen molar-refractivity contribution in [3.05, 3.63) is 77.4 Å². The Morgan fingerprint density at radius 1 is 1.00 bits per heavy atom. The second-order valence-corrected chi connectivity index (χ2v) is 11.7. The molecule has 2 aliphatic heterocycles. The number of aromatic nitrogens is 3. The Morgan fingerprint density at radius 3 is 2.64 bits per heavy atom. The van der Waals surface area contributed by atoms with Crippen molar-refractivity contribution in [2.45, 2.75) is 31.6 Å². The van der Waals surface area contributed by atoms with Gasteiger partial charge < -0.3 is 14.5 Å². The van der Waals surface area contributed by atoms with E-state index in [0.717, 1.165) is 73.9 Å². The monoisotopic (exact) mass is 538 g/mol. The Morgan fingerprint density at radius 2 is 1.85 bits per heavy atom. The van der Waals surface area contributed by atoms with E-state index < -0.39 is 0 Å². The van der Waals surface area contributed by atoms with Crippen molar-refractivity contribution in [1.29, 1.82) is 5.26 Å². The van der Waals surface area contributed by atoms with Crippen LogP contribution in [0.5, 0.6) is 11.5 Å². The topological polar surface area (TPSA) is 78.2 Å². The second kappa shape index (κ2) is 9.62. The Hall–Kier alpha value is -4.03. The fraction of sp³-hybridized carbons (Fsp3) is 0.333. The highest BCUT2D eigenvalue weighted by Gasteiger charge is 2.45. The number of halogens is 1. The number of ether oxygens (including phenoxy) is 1. The molecule has 2 saturated heterocycles. The van der Waals surface area contributed by atoms with E-state index in [1.807, 2.05) is 23.7 Å². The number of hydrogen-bond acceptors (Lipinski definition) is 8. The van der Waals surface area contributed by atoms with Crippen LogP contribution in [-0.4, -0.2) is 41.1 Å². The third-order valence-corrected chi connectivity index (χ3v) is 9.01. The van der Waals surface area contributed by atoms with Crippen molar-refractivity contribution in [3.8, 4) is 28.7 Å². The molecular weight excluding hydrogens is 511 g/mol. The molecule has 3 fully saturated rings. The van der Waals surface area contributed by atoms with Crippen LogP contribution in [0, 0.1) is 22.6 Å². The van der Waals surface area contributed by atoms with Crippen LogP contribution in [0.1, 0.15) is 42.7 Å². The molecule has 0 amide bonds. The first-order valence-corrected chi connectivity index (χ1v) is 14.2. The summed E-state index contributed by atoms with van der Waals surface area (Å²) in [4.78, 5) is 18.1. The van der Waals surface area contributed by atoms with E-state index in [2.05, 4.69) is 30.8 Å². The Labute approximate surface area is 230 Å². The van der Waals surface area contributed by atoms with E-state index in [1.165, 1.54) is 12.1 Å². The van der Waals surface area contributed by atoms with Gasteiger partial charge in [0.25, 0.3) is 0 Å². The zero-order chi connectivity index (χ0) is 26.4. The van der Waals surface area contributed by atoms with E-state index in [9.17, 15) is 9.65 Å². The van der Waals surface area contributed by atoms with Crippen LogP contribution in [0.25, 0.3) is 11.1 Å². The summed E-state index contributed by atoms with van der Waals surface area (Å²) >= 11 is 1.69. The number of hydrogen-bond donors (Lipinski definition) is 0. The molecule has 0 bridgehead atoms. The summed E-state index contributed by atoms with van der Waals surface area (Å²) in [7, 11) is 0. The average molecular weight is 539 g/mol. The van der Waals surface area contributed by atoms with Gasteiger partial charge in [0.05, 0.1) is 17.8 Å². The molecule has 39 heavy (non-hydrogen) atoms. The van der Waals surface area contributed by atoms with Crippen LogP contribution < -0.4 is 14.5 Å². The standard InChI is InChI=1S/C30H27FN6OS/c31-22-4-6-26(25(14-22)23-5-1-20(15-32)13-24(23)21-2-3-21)38-27-16-33-19-35-28(27)36-10-7-30(17-36)8-11-37(18-30)29-34-9-12-39-29/h1,4-6,9,12-14,16,19,21H,2-3,7-8,10-11,17-18H2. The van der Waals surface area contributed by atoms with Gasteiger partial charge in [-0.15, -0.1) is 11.3 Å². The van der Waals surface area contributed by atoms with Crippen LogP contribution >= 0.6 is 11.3 Å². The minimum Gasteiger partial charge on any atom is -0.451 e. The van der Waals surface area contributed by atoms with E-state index in [0.29, 0.717) is 28.5 Å². The van der Waals surface area contributed by atoms with Gasteiger partial charge in [0.1, 0.15) is 17.9 Å². The summed E-state index contributed by atoms with van der Waals surface area (Å²) in [6.45, 7) is 3.78. The van der Waals surface area contributed by atoms with Crippen LogP contribution in [0.15, 0.2) is 60.5 Å². The summed E-state index contributed by atoms with van der Waals surface area (Å²) in [6, 6.07) is 12.5. The van der Waals surface area contributed by atoms with Gasteiger partial charge in [-0.3, -0.25) is 0 Å². The number of thiazole rings is 1. The van der Waals surface area contributed by atoms with Crippen LogP contribution in [0.2, 0.25) is 0 Å². The highest BCUT2D eigenvalue weighted by Crippen LogP contribution is 2.48. The fourth-order valence-electron chi connectivity index (χ4n) is 6.07. The number of benzene rings is 2. The van der Waals surface area contributed by atoms with Crippen molar-refractivity contribution >= 4 is 22.3 Å². The Bertz CT molecular complexity index is 1570. The molecule has 7 nitrogen and oxygen atoms in total. The van der Waals surface area contributed by atoms with Crippen molar-refractivity contribution in [2.75, 3.05) is 36.0 Å². The first kappa shape index (κ1) is 24.0. The molecule has 4 heterocycles. The minimum absolute atomic E-state index is 0.191. The highest BCUT2D eigenvalue weighted by molar-refractivity contribution is 7.13. The minimum atomic E-state index is -0.333. The Kier molecular flexibility index (Phi) is 5.93. The fourth-order valence-corrected chi connectivity index (χ4v) is 6.74. The second-order valence-electron chi connectivity index (χ2n) is 10.8. The number of anilines is 2. The van der Waals surface area contributed by atoms with Crippen LogP contribution in [0.3, 0.4) is 0 Å². The molecule has 2 aromatic heterocycles. The quantitative estimate of drug-likeness (QED) is 0.282. The predicted molar refractivity (Wildman–Crippen MR) is 149 cm³/mol. The molecular formula is C30H27FN6OS. The molecule has 1 spiro atoms. The van der Waals surface area contributed by atoms with Gasteiger partial charge in [-0.25, -0.2) is 19.3 Å². The summed E-state index contributed by atoms with van der Waals surface area (Å²) in [5, 5.41) is 12.6. The van der Waals surface area contributed by atoms with E-state index in [1.54, 1.807) is 36.0 Å². The van der Waals surface area contributed by atoms with Gasteiger partial charge in [-0.05, 0) is 73.1 Å². The predicted octanol–water partition coefficient (Wildman–Crippen LogP) is 6.39. The van der Waals surface area contributed by atoms with Crippen molar-refractivity contribution in [2.24, 2.45) is 5.41 Å². The summed E-state index contributed by atoms with van der Waals surface area (Å²) in [5.41, 5.74) is 3.45. The van der Waals surface area contributed by atoms with E-state index in [-0.39, 0.29) is 11.2 Å². The maximum atomic E-state index is 14.5. The lowest BCUT2D eigenvalue weighted by Gasteiger charge is -2.26. The molecule has 1 aliphatic carbocycles. The van der Waals surface area contributed by atoms with Crippen LogP contribution in [0.4, 0.5) is 15.3 Å². The van der Waals surface area contributed by atoms with Gasteiger partial charge in [0.2, 0.25) is 0 Å². The highest BCUT2D eigenvalue weighted by atomic mass is 32.1. The summed E-state index contributed by atoms with van der Waals surface area (Å²) < 4.78 is 21.0. The lowest BCUT2D eigenvalue weighted by molar-refractivity contribution is 0.373. The van der Waals surface area contributed by atoms with Gasteiger partial charge in [-0.2, -0.15) is 5.26 Å². The van der Waals surface area contributed by atoms with Gasteiger partial charge in [0.15, 0.2) is 16.7 Å². The number of rotatable bonds is 6. The number of nitrogens with zero attached hydrogens (tertiary/aromatic N) is 6. The lowest BCUT2D eigenvalue weighted by atomic mass is 9.86. The van der Waals surface area contributed by atoms with Crippen molar-refractivity contribution in [3.63, 3.8) is 0 Å². The largest absolute Gasteiger partial charge is 0.451 e. The molecule has 0 N–H and O–H groups in total. The van der Waals surface area contributed by atoms with Gasteiger partial charge in [0, 0.05) is 48.7 Å². The zero-order valence-corrected chi connectivity index (χ0v) is 22.2. The first-order chi connectivity index (χ1) is 19.1. The maximum absolute atomic E-state index is 14.5. The third kappa shape index (κ3) is 4.59. The van der Waals surface area contributed by atoms with Crippen molar-refractivity contribution in [1.82, 2.24) is 15.0 Å². The van der Waals surface area contributed by atoms with Crippen LogP contribution in [-0.2, 0) is 0 Å². The summed E-state index contributed by atoms with van der Waals surface area (Å²) in [6.07, 6.45) is 9.46. The average Bonchev–Trinajstić information content (AvgIpc) is 3.32. The molecule has 7 rings (SSSR count). The van der Waals surface area contributed by atoms with E-state index >= 15 is 0 Å². The zero-order valence-electron chi connectivity index (χ0n) is 21.4. The van der Waals surface area contributed by atoms with E-state index in [4.69, 9.17) is 4.74 Å². The van der Waals surface area contributed by atoms with Gasteiger partial charge in [-0.1, -0.05) is 6.07 Å². The first-order valence-electron chi connectivity index (χ1n) is 13.3. The molecule has 9 heteroatoms. The number of nitriles is 1. The summed E-state index contributed by atoms with van der Waals surface area (Å²) in [5.74, 6) is 1.91. The molecule has 4 aromatic rings. The molecule has 3 aliphatic rings. The van der Waals surface area contributed by atoms with Crippen molar-refractivity contribution < 1.29 is 9.13 Å². The van der Waals surface area contributed by atoms with Gasteiger partial charge >= 0.3 is 0 Å². The Balaban J connectivity index is 1.18. The normalized spacial score (nSPS) is 20.5. The smallest absolute Gasteiger partial charge is 0.188 e. The third-order valence-electron chi connectivity index (χ3n) is 8.17. The maximum Gasteiger partial charge on any atom is 0.188 e. The SMILES string of the molecule is N#Cc1ccc(-c2cc(F)ccc2Oc2cncnc2N2CCC3(CCN(c4nccs4)C3)C2)c(C2CC2)c1. The molecule has 1 atom stereocenters.